The summed E-state index contributed by atoms with van der Waals surface area (Å²) in [6.45, 7) is 0. The Labute approximate surface area is 120 Å². The van der Waals surface area contributed by atoms with Crippen molar-refractivity contribution in [2.24, 2.45) is 0 Å². The van der Waals surface area contributed by atoms with Crippen LogP contribution in [0.1, 0.15) is 15.9 Å². The van der Waals surface area contributed by atoms with Gasteiger partial charge < -0.3 is 5.32 Å². The number of benzene rings is 1. The molecule has 98 valence electrons. The quantitative estimate of drug-likeness (QED) is 0.681. The van der Waals surface area contributed by atoms with Gasteiger partial charge in [0.2, 0.25) is 0 Å². The van der Waals surface area contributed by atoms with Crippen molar-refractivity contribution in [1.82, 2.24) is 4.98 Å². The summed E-state index contributed by atoms with van der Waals surface area (Å²) in [6, 6.07) is 8.50. The minimum absolute atomic E-state index is 0.268. The van der Waals surface area contributed by atoms with Gasteiger partial charge in [-0.1, -0.05) is 23.7 Å². The lowest BCUT2D eigenvalue weighted by molar-refractivity contribution is -0.110. The number of anilines is 1. The van der Waals surface area contributed by atoms with Crippen LogP contribution in [0.3, 0.4) is 0 Å². The average molecular weight is 285 g/mol. The van der Waals surface area contributed by atoms with Crippen molar-refractivity contribution in [3.05, 3.63) is 65.0 Å². The molecule has 0 spiro atoms. The summed E-state index contributed by atoms with van der Waals surface area (Å²) in [5.74, 6) is -0.596. The van der Waals surface area contributed by atoms with Crippen molar-refractivity contribution in [1.29, 1.82) is 0 Å². The van der Waals surface area contributed by atoms with Crippen molar-refractivity contribution < 1.29 is 9.59 Å². The monoisotopic (exact) mass is 284 g/mol. The third kappa shape index (κ3) is 2.10. The van der Waals surface area contributed by atoms with Crippen molar-refractivity contribution in [3.63, 3.8) is 0 Å². The van der Waals surface area contributed by atoms with E-state index in [9.17, 15) is 9.59 Å². The molecule has 1 aliphatic heterocycles. The first kappa shape index (κ1) is 12.6. The van der Waals surface area contributed by atoms with E-state index in [4.69, 9.17) is 11.6 Å². The van der Waals surface area contributed by atoms with Crippen LogP contribution in [0.25, 0.3) is 5.57 Å². The van der Waals surface area contributed by atoms with E-state index in [0.717, 1.165) is 0 Å². The van der Waals surface area contributed by atoms with E-state index in [2.05, 4.69) is 10.3 Å². The molecule has 0 fully saturated rings. The highest BCUT2D eigenvalue weighted by molar-refractivity contribution is 6.40. The number of carbonyl (C=O) groups is 2. The molecule has 0 unspecified atom stereocenters. The first-order valence-electron chi connectivity index (χ1n) is 5.93. The lowest BCUT2D eigenvalue weighted by Gasteiger charge is -1.99. The number of nitrogens with zero attached hydrogens (tertiary/aromatic N) is 1. The van der Waals surface area contributed by atoms with E-state index in [0.29, 0.717) is 27.4 Å². The summed E-state index contributed by atoms with van der Waals surface area (Å²) in [5.41, 5.74) is 1.93. The largest absolute Gasteiger partial charge is 0.320 e. The smallest absolute Gasteiger partial charge is 0.256 e. The molecule has 0 atom stereocenters. The molecule has 0 bridgehead atoms. The average Bonchev–Trinajstić information content (AvgIpc) is 2.78. The van der Waals surface area contributed by atoms with Crippen molar-refractivity contribution in [2.75, 3.05) is 5.32 Å². The summed E-state index contributed by atoms with van der Waals surface area (Å²) < 4.78 is 0. The van der Waals surface area contributed by atoms with Gasteiger partial charge >= 0.3 is 0 Å². The summed E-state index contributed by atoms with van der Waals surface area (Å²) >= 11 is 6.02. The van der Waals surface area contributed by atoms with E-state index >= 15 is 0 Å². The predicted octanol–water partition coefficient (Wildman–Crippen LogP) is 2.95. The summed E-state index contributed by atoms with van der Waals surface area (Å²) in [6.07, 6.45) is 4.36. The molecule has 5 heteroatoms. The van der Waals surface area contributed by atoms with Crippen LogP contribution in [0.4, 0.5) is 5.69 Å². The number of ketones is 1. The number of fused-ring (bicyclic) bond motifs is 1. The molecule has 2 aromatic rings. The van der Waals surface area contributed by atoms with Gasteiger partial charge in [0.05, 0.1) is 16.3 Å². The molecule has 4 nitrogen and oxygen atoms in total. The Morgan fingerprint density at radius 2 is 2.10 bits per heavy atom. The van der Waals surface area contributed by atoms with Gasteiger partial charge in [-0.2, -0.15) is 0 Å². The third-order valence-electron chi connectivity index (χ3n) is 3.01. The maximum atomic E-state index is 12.1. The zero-order chi connectivity index (χ0) is 14.1. The van der Waals surface area contributed by atoms with E-state index in [-0.39, 0.29) is 11.7 Å². The van der Waals surface area contributed by atoms with E-state index in [1.807, 2.05) is 0 Å². The Balaban J connectivity index is 2.04. The number of carbonyl (C=O) groups excluding carboxylic acids is 2. The van der Waals surface area contributed by atoms with E-state index in [1.54, 1.807) is 36.5 Å². The van der Waals surface area contributed by atoms with Crippen LogP contribution in [0, 0.1) is 0 Å². The maximum Gasteiger partial charge on any atom is 0.256 e. The van der Waals surface area contributed by atoms with Crippen LogP contribution in [0.15, 0.2) is 48.8 Å². The molecule has 0 radical (unpaired) electrons. The Hall–Kier alpha value is -2.46. The number of pyridine rings is 1. The lowest BCUT2D eigenvalue weighted by Crippen LogP contribution is -2.06. The van der Waals surface area contributed by atoms with Gasteiger partial charge in [-0.05, 0) is 24.3 Å². The Morgan fingerprint density at radius 3 is 2.85 bits per heavy atom. The van der Waals surface area contributed by atoms with Crippen LogP contribution in [0.2, 0.25) is 5.02 Å². The highest BCUT2D eigenvalue weighted by Gasteiger charge is 2.26. The van der Waals surface area contributed by atoms with Crippen LogP contribution >= 0.6 is 11.6 Å². The zero-order valence-electron chi connectivity index (χ0n) is 10.3. The van der Waals surface area contributed by atoms with Gasteiger partial charge in [0, 0.05) is 23.5 Å². The van der Waals surface area contributed by atoms with Gasteiger partial charge in [-0.3, -0.25) is 14.6 Å². The molecular formula is C15H9ClN2O2. The number of aromatic nitrogens is 1. The van der Waals surface area contributed by atoms with Crippen molar-refractivity contribution >= 4 is 34.6 Å². The van der Waals surface area contributed by atoms with Crippen LogP contribution in [-0.2, 0) is 4.79 Å². The number of hydrogen-bond donors (Lipinski definition) is 1. The maximum absolute atomic E-state index is 12.1. The van der Waals surface area contributed by atoms with Gasteiger partial charge in [-0.25, -0.2) is 0 Å². The molecule has 1 N–H and O–H groups in total. The minimum Gasteiger partial charge on any atom is -0.320 e. The second kappa shape index (κ2) is 4.90. The van der Waals surface area contributed by atoms with Crippen molar-refractivity contribution in [2.45, 2.75) is 0 Å². The summed E-state index contributed by atoms with van der Waals surface area (Å²) in [4.78, 5) is 27.9. The Morgan fingerprint density at radius 1 is 1.25 bits per heavy atom. The second-order valence-corrected chi connectivity index (χ2v) is 4.69. The molecule has 20 heavy (non-hydrogen) atoms. The number of halogens is 1. The number of para-hydroxylation sites is 1. The molecule has 1 amide bonds. The molecular weight excluding hydrogens is 276 g/mol. The van der Waals surface area contributed by atoms with Crippen LogP contribution < -0.4 is 5.32 Å². The van der Waals surface area contributed by atoms with Gasteiger partial charge in [0.15, 0.2) is 5.78 Å². The van der Waals surface area contributed by atoms with Gasteiger partial charge in [-0.15, -0.1) is 0 Å². The molecule has 0 saturated carbocycles. The second-order valence-electron chi connectivity index (χ2n) is 4.28. The fourth-order valence-electron chi connectivity index (χ4n) is 2.05. The lowest BCUT2D eigenvalue weighted by atomic mass is 10.0. The standard InChI is InChI=1S/C15H9ClN2O2/c16-12-5-1-4-10-11(15(20)18-14(10)12)7-13(19)9-3-2-6-17-8-9/h1-8H,(H,18,20). The molecule has 2 heterocycles. The molecule has 0 saturated heterocycles. The SMILES string of the molecule is O=C1Nc2c(Cl)cccc2C1=CC(=O)c1cccnc1. The van der Waals surface area contributed by atoms with E-state index in [1.165, 1.54) is 12.3 Å². The van der Waals surface area contributed by atoms with Gasteiger partial charge in [0.1, 0.15) is 0 Å². The topological polar surface area (TPSA) is 59.1 Å². The predicted molar refractivity (Wildman–Crippen MR) is 76.6 cm³/mol. The zero-order valence-corrected chi connectivity index (χ0v) is 11.0. The van der Waals surface area contributed by atoms with Gasteiger partial charge in [0.25, 0.3) is 5.91 Å². The first-order chi connectivity index (χ1) is 9.66. The van der Waals surface area contributed by atoms with Crippen LogP contribution in [-0.4, -0.2) is 16.7 Å². The highest BCUT2D eigenvalue weighted by Crippen LogP contribution is 2.37. The Bertz CT molecular complexity index is 739. The minimum atomic E-state index is -0.328. The number of nitrogens with one attached hydrogen (secondary N) is 1. The van der Waals surface area contributed by atoms with Crippen LogP contribution in [0.5, 0.6) is 0 Å². The molecule has 1 aliphatic rings. The first-order valence-corrected chi connectivity index (χ1v) is 6.31. The summed E-state index contributed by atoms with van der Waals surface area (Å²) in [5, 5.41) is 3.12. The number of allylic oxidation sites excluding steroid dienone is 1. The fraction of sp³-hybridized carbons (Fsp3) is 0. The molecule has 0 aliphatic carbocycles. The number of rotatable bonds is 2. The molecule has 1 aromatic heterocycles. The summed E-state index contributed by atoms with van der Waals surface area (Å²) in [7, 11) is 0. The Kier molecular flexibility index (Phi) is 3.08. The number of hydrogen-bond acceptors (Lipinski definition) is 3. The third-order valence-corrected chi connectivity index (χ3v) is 3.32. The molecule has 3 rings (SSSR count). The normalized spacial score (nSPS) is 15.1. The van der Waals surface area contributed by atoms with Crippen molar-refractivity contribution in [3.8, 4) is 0 Å². The fourth-order valence-corrected chi connectivity index (χ4v) is 2.27. The number of amides is 1. The highest BCUT2D eigenvalue weighted by atomic mass is 35.5. The molecule has 1 aromatic carbocycles. The van der Waals surface area contributed by atoms with E-state index < -0.39 is 0 Å².